The number of aliphatic hydroxyl groups excluding tert-OH is 1. The second-order valence-corrected chi connectivity index (χ2v) is 4.89. The van der Waals surface area contributed by atoms with Crippen molar-refractivity contribution in [2.75, 3.05) is 19.7 Å². The van der Waals surface area contributed by atoms with Crippen molar-refractivity contribution in [3.05, 3.63) is 0 Å². The van der Waals surface area contributed by atoms with E-state index >= 15 is 0 Å². The molecule has 1 unspecified atom stereocenters. The van der Waals surface area contributed by atoms with Gasteiger partial charge in [-0.05, 0) is 31.2 Å². The SMILES string of the molecule is CC(C)(C)C(CN)NCCCCCO. The fraction of sp³-hybridized carbons (Fsp3) is 1.00. The summed E-state index contributed by atoms with van der Waals surface area (Å²) in [6.07, 6.45) is 3.11. The molecule has 4 N–H and O–H groups in total. The Kier molecular flexibility index (Phi) is 7.15. The summed E-state index contributed by atoms with van der Waals surface area (Å²) in [5.41, 5.74) is 5.93. The van der Waals surface area contributed by atoms with E-state index in [0.29, 0.717) is 19.2 Å². The third-order valence-electron chi connectivity index (χ3n) is 2.51. The molecule has 0 spiro atoms. The van der Waals surface area contributed by atoms with Crippen LogP contribution < -0.4 is 11.1 Å². The number of hydrogen-bond donors (Lipinski definition) is 3. The minimum atomic E-state index is 0.228. The van der Waals surface area contributed by atoms with Gasteiger partial charge in [-0.3, -0.25) is 0 Å². The Bertz CT molecular complexity index is 132. The Labute approximate surface area is 88.1 Å². The van der Waals surface area contributed by atoms with Gasteiger partial charge in [0.1, 0.15) is 0 Å². The molecule has 86 valence electrons. The summed E-state index contributed by atoms with van der Waals surface area (Å²) in [5, 5.41) is 12.1. The molecule has 0 saturated carbocycles. The third kappa shape index (κ3) is 6.35. The number of rotatable bonds is 7. The van der Waals surface area contributed by atoms with E-state index in [4.69, 9.17) is 10.8 Å². The topological polar surface area (TPSA) is 58.3 Å². The molecule has 1 atom stereocenters. The van der Waals surface area contributed by atoms with Gasteiger partial charge in [-0.15, -0.1) is 0 Å². The van der Waals surface area contributed by atoms with Gasteiger partial charge < -0.3 is 16.2 Å². The molecule has 0 aliphatic carbocycles. The summed E-state index contributed by atoms with van der Waals surface area (Å²) in [7, 11) is 0. The summed E-state index contributed by atoms with van der Waals surface area (Å²) < 4.78 is 0. The van der Waals surface area contributed by atoms with Gasteiger partial charge in [-0.2, -0.15) is 0 Å². The van der Waals surface area contributed by atoms with E-state index in [-0.39, 0.29) is 5.41 Å². The van der Waals surface area contributed by atoms with Crippen LogP contribution in [0.4, 0.5) is 0 Å². The number of nitrogens with two attached hydrogens (primary N) is 1. The van der Waals surface area contributed by atoms with E-state index in [1.807, 2.05) is 0 Å². The van der Waals surface area contributed by atoms with E-state index in [1.165, 1.54) is 0 Å². The van der Waals surface area contributed by atoms with Crippen LogP contribution in [0, 0.1) is 5.41 Å². The van der Waals surface area contributed by atoms with Crippen LogP contribution in [0.2, 0.25) is 0 Å². The Morgan fingerprint density at radius 3 is 2.29 bits per heavy atom. The Balaban J connectivity index is 3.54. The van der Waals surface area contributed by atoms with E-state index in [0.717, 1.165) is 25.8 Å². The highest BCUT2D eigenvalue weighted by Gasteiger charge is 2.21. The Morgan fingerprint density at radius 1 is 1.21 bits per heavy atom. The molecule has 0 fully saturated rings. The summed E-state index contributed by atoms with van der Waals surface area (Å²) >= 11 is 0. The predicted molar refractivity (Wildman–Crippen MR) is 61.2 cm³/mol. The largest absolute Gasteiger partial charge is 0.396 e. The lowest BCUT2D eigenvalue weighted by atomic mass is 9.87. The normalized spacial score (nSPS) is 14.4. The molecule has 0 aliphatic rings. The average Bonchev–Trinajstić information content (AvgIpc) is 2.09. The summed E-state index contributed by atoms with van der Waals surface area (Å²) in [4.78, 5) is 0. The molecule has 0 aromatic carbocycles. The highest BCUT2D eigenvalue weighted by Crippen LogP contribution is 2.18. The smallest absolute Gasteiger partial charge is 0.0431 e. The first-order valence-corrected chi connectivity index (χ1v) is 5.56. The predicted octanol–water partition coefficient (Wildman–Crippen LogP) is 1.11. The zero-order valence-corrected chi connectivity index (χ0v) is 9.84. The Morgan fingerprint density at radius 2 is 1.86 bits per heavy atom. The van der Waals surface area contributed by atoms with Crippen molar-refractivity contribution in [3.8, 4) is 0 Å². The molecule has 0 saturated heterocycles. The maximum atomic E-state index is 8.61. The molecule has 0 amide bonds. The minimum absolute atomic E-state index is 0.228. The van der Waals surface area contributed by atoms with Crippen LogP contribution in [-0.2, 0) is 0 Å². The summed E-state index contributed by atoms with van der Waals surface area (Å²) in [6.45, 7) is 8.59. The molecular weight excluding hydrogens is 176 g/mol. The van der Waals surface area contributed by atoms with Crippen LogP contribution in [0.1, 0.15) is 40.0 Å². The van der Waals surface area contributed by atoms with Gasteiger partial charge in [0.25, 0.3) is 0 Å². The zero-order chi connectivity index (χ0) is 11.0. The van der Waals surface area contributed by atoms with E-state index in [2.05, 4.69) is 26.1 Å². The fourth-order valence-corrected chi connectivity index (χ4v) is 1.43. The molecular formula is C11H26N2O. The number of hydrogen-bond acceptors (Lipinski definition) is 3. The highest BCUT2D eigenvalue weighted by atomic mass is 16.2. The second-order valence-electron chi connectivity index (χ2n) is 4.89. The Hall–Kier alpha value is -0.120. The first-order valence-electron chi connectivity index (χ1n) is 5.56. The molecule has 0 bridgehead atoms. The lowest BCUT2D eigenvalue weighted by Gasteiger charge is -2.30. The molecule has 0 rings (SSSR count). The number of aliphatic hydroxyl groups is 1. The molecule has 3 nitrogen and oxygen atoms in total. The van der Waals surface area contributed by atoms with Crippen molar-refractivity contribution < 1.29 is 5.11 Å². The van der Waals surface area contributed by atoms with E-state index in [9.17, 15) is 0 Å². The van der Waals surface area contributed by atoms with Gasteiger partial charge in [0.05, 0.1) is 0 Å². The summed E-state index contributed by atoms with van der Waals surface area (Å²) in [5.74, 6) is 0. The highest BCUT2D eigenvalue weighted by molar-refractivity contribution is 4.80. The zero-order valence-electron chi connectivity index (χ0n) is 9.84. The monoisotopic (exact) mass is 202 g/mol. The van der Waals surface area contributed by atoms with Crippen LogP contribution in [0.25, 0.3) is 0 Å². The standard InChI is InChI=1S/C11H26N2O/c1-11(2,3)10(9-12)13-7-5-4-6-8-14/h10,13-14H,4-9,12H2,1-3H3. The van der Waals surface area contributed by atoms with Crippen molar-refractivity contribution in [1.82, 2.24) is 5.32 Å². The van der Waals surface area contributed by atoms with E-state index in [1.54, 1.807) is 0 Å². The minimum Gasteiger partial charge on any atom is -0.396 e. The maximum Gasteiger partial charge on any atom is 0.0431 e. The van der Waals surface area contributed by atoms with Gasteiger partial charge in [0.15, 0.2) is 0 Å². The fourth-order valence-electron chi connectivity index (χ4n) is 1.43. The van der Waals surface area contributed by atoms with Crippen LogP contribution in [0.5, 0.6) is 0 Å². The van der Waals surface area contributed by atoms with Gasteiger partial charge in [0, 0.05) is 19.2 Å². The van der Waals surface area contributed by atoms with Crippen molar-refractivity contribution in [1.29, 1.82) is 0 Å². The van der Waals surface area contributed by atoms with Crippen molar-refractivity contribution in [3.63, 3.8) is 0 Å². The molecule has 3 heteroatoms. The van der Waals surface area contributed by atoms with Crippen LogP contribution >= 0.6 is 0 Å². The van der Waals surface area contributed by atoms with Gasteiger partial charge in [-0.25, -0.2) is 0 Å². The quantitative estimate of drug-likeness (QED) is 0.542. The summed E-state index contributed by atoms with van der Waals surface area (Å²) in [6, 6.07) is 0.386. The molecule has 0 aromatic heterocycles. The number of unbranched alkanes of at least 4 members (excludes halogenated alkanes) is 2. The first kappa shape index (κ1) is 13.9. The van der Waals surface area contributed by atoms with Crippen molar-refractivity contribution in [2.45, 2.75) is 46.1 Å². The lowest BCUT2D eigenvalue weighted by Crippen LogP contribution is -2.46. The van der Waals surface area contributed by atoms with Crippen LogP contribution in [0.3, 0.4) is 0 Å². The molecule has 0 radical (unpaired) electrons. The first-order chi connectivity index (χ1) is 6.52. The van der Waals surface area contributed by atoms with E-state index < -0.39 is 0 Å². The van der Waals surface area contributed by atoms with Crippen molar-refractivity contribution in [2.24, 2.45) is 11.1 Å². The van der Waals surface area contributed by atoms with Crippen LogP contribution in [-0.4, -0.2) is 30.8 Å². The lowest BCUT2D eigenvalue weighted by molar-refractivity contribution is 0.265. The average molecular weight is 202 g/mol. The number of nitrogens with one attached hydrogen (secondary N) is 1. The third-order valence-corrected chi connectivity index (χ3v) is 2.51. The van der Waals surface area contributed by atoms with Crippen LogP contribution in [0.15, 0.2) is 0 Å². The molecule has 0 aromatic rings. The van der Waals surface area contributed by atoms with Gasteiger partial charge >= 0.3 is 0 Å². The van der Waals surface area contributed by atoms with Gasteiger partial charge in [0.2, 0.25) is 0 Å². The van der Waals surface area contributed by atoms with Crippen molar-refractivity contribution >= 4 is 0 Å². The maximum absolute atomic E-state index is 8.61. The molecule has 0 heterocycles. The van der Waals surface area contributed by atoms with Gasteiger partial charge in [-0.1, -0.05) is 20.8 Å². The molecule has 14 heavy (non-hydrogen) atoms. The second kappa shape index (κ2) is 7.21. The molecule has 0 aliphatic heterocycles.